The van der Waals surface area contributed by atoms with Crippen molar-refractivity contribution in [1.29, 1.82) is 0 Å². The first-order valence-electron chi connectivity index (χ1n) is 7.02. The van der Waals surface area contributed by atoms with Crippen molar-refractivity contribution in [3.05, 3.63) is 29.1 Å². The summed E-state index contributed by atoms with van der Waals surface area (Å²) >= 11 is 0. The molecule has 1 aliphatic rings. The van der Waals surface area contributed by atoms with Crippen LogP contribution in [0.15, 0.2) is 12.3 Å². The fourth-order valence-electron chi connectivity index (χ4n) is 2.49. The summed E-state index contributed by atoms with van der Waals surface area (Å²) in [5.74, 6) is 0.532. The number of nitrogens with zero attached hydrogens (tertiary/aromatic N) is 1. The molecule has 3 nitrogen and oxygen atoms in total. The van der Waals surface area contributed by atoms with Gasteiger partial charge in [0, 0.05) is 11.9 Å². The Morgan fingerprint density at radius 1 is 1.47 bits per heavy atom. The number of aryl methyl sites for hydroxylation is 1. The highest BCUT2D eigenvalue weighted by Gasteiger charge is 2.19. The Kier molecular flexibility index (Phi) is 3.93. The smallest absolute Gasteiger partial charge is 0.310 e. The van der Waals surface area contributed by atoms with Gasteiger partial charge in [-0.3, -0.25) is 9.78 Å². The Balaban J connectivity index is 2.06. The first kappa shape index (κ1) is 14.0. The maximum atomic E-state index is 11.8. The molecular formula is C16H23NO2. The number of rotatable bonds is 2. The monoisotopic (exact) mass is 261 g/mol. The van der Waals surface area contributed by atoms with E-state index in [1.54, 1.807) is 0 Å². The van der Waals surface area contributed by atoms with Crippen LogP contribution in [0.3, 0.4) is 0 Å². The van der Waals surface area contributed by atoms with E-state index in [1.165, 1.54) is 17.7 Å². The molecule has 1 aliphatic carbocycles. The molecule has 1 heterocycles. The predicted molar refractivity (Wildman–Crippen MR) is 75.0 cm³/mol. The van der Waals surface area contributed by atoms with Crippen molar-refractivity contribution < 1.29 is 9.53 Å². The quantitative estimate of drug-likeness (QED) is 0.768. The molecule has 0 N–H and O–H groups in total. The predicted octanol–water partition coefficient (Wildman–Crippen LogP) is 3.09. The minimum Gasteiger partial charge on any atom is -0.460 e. The number of carbonyl (C=O) groups is 1. The van der Waals surface area contributed by atoms with Gasteiger partial charge in [0.05, 0.1) is 6.42 Å². The normalized spacial score (nSPS) is 18.8. The van der Waals surface area contributed by atoms with E-state index < -0.39 is 5.60 Å². The first-order chi connectivity index (χ1) is 8.83. The van der Waals surface area contributed by atoms with Gasteiger partial charge in [-0.1, -0.05) is 13.0 Å². The largest absolute Gasteiger partial charge is 0.460 e. The number of aromatic nitrogens is 1. The number of pyridine rings is 1. The number of hydrogen-bond donors (Lipinski definition) is 0. The van der Waals surface area contributed by atoms with Crippen LogP contribution in [0.4, 0.5) is 0 Å². The molecule has 0 saturated carbocycles. The van der Waals surface area contributed by atoms with Gasteiger partial charge >= 0.3 is 5.97 Å². The Bertz CT molecular complexity index is 474. The average Bonchev–Trinajstić information content (AvgIpc) is 2.25. The van der Waals surface area contributed by atoms with Crippen molar-refractivity contribution in [1.82, 2.24) is 4.98 Å². The van der Waals surface area contributed by atoms with Crippen LogP contribution in [-0.2, 0) is 28.8 Å². The Morgan fingerprint density at radius 2 is 2.21 bits per heavy atom. The van der Waals surface area contributed by atoms with E-state index in [0.29, 0.717) is 12.3 Å². The summed E-state index contributed by atoms with van der Waals surface area (Å²) in [6, 6.07) is 2.13. The lowest BCUT2D eigenvalue weighted by atomic mass is 9.87. The molecule has 0 aromatic carbocycles. The average molecular weight is 261 g/mol. The highest BCUT2D eigenvalue weighted by molar-refractivity contribution is 5.73. The molecule has 0 spiro atoms. The van der Waals surface area contributed by atoms with E-state index in [4.69, 9.17) is 4.74 Å². The molecule has 0 aliphatic heterocycles. The highest BCUT2D eigenvalue weighted by atomic mass is 16.6. The lowest BCUT2D eigenvalue weighted by Gasteiger charge is -2.22. The number of hydrogen-bond acceptors (Lipinski definition) is 3. The summed E-state index contributed by atoms with van der Waals surface area (Å²) in [4.78, 5) is 16.3. The fourth-order valence-corrected chi connectivity index (χ4v) is 2.49. The van der Waals surface area contributed by atoms with Crippen LogP contribution in [0.2, 0.25) is 0 Å². The van der Waals surface area contributed by atoms with Gasteiger partial charge in [-0.15, -0.1) is 0 Å². The molecule has 0 bridgehead atoms. The minimum atomic E-state index is -0.423. The topological polar surface area (TPSA) is 39.2 Å². The van der Waals surface area contributed by atoms with Crippen molar-refractivity contribution in [2.24, 2.45) is 5.92 Å². The van der Waals surface area contributed by atoms with Gasteiger partial charge in [0.1, 0.15) is 5.60 Å². The first-order valence-corrected chi connectivity index (χ1v) is 7.02. The van der Waals surface area contributed by atoms with E-state index in [1.807, 2.05) is 27.0 Å². The molecule has 0 radical (unpaired) electrons. The van der Waals surface area contributed by atoms with Gasteiger partial charge in [-0.2, -0.15) is 0 Å². The summed E-state index contributed by atoms with van der Waals surface area (Å²) in [6.07, 6.45) is 5.48. The SMILES string of the molecule is CC1CCc2ncc(CC(=O)OC(C)(C)C)cc2C1. The summed E-state index contributed by atoms with van der Waals surface area (Å²) in [7, 11) is 0. The molecule has 104 valence electrons. The second-order valence-corrected chi connectivity index (χ2v) is 6.56. The van der Waals surface area contributed by atoms with Crippen molar-refractivity contribution >= 4 is 5.97 Å². The van der Waals surface area contributed by atoms with E-state index in [0.717, 1.165) is 18.4 Å². The Hall–Kier alpha value is -1.38. The van der Waals surface area contributed by atoms with Crippen LogP contribution in [0.1, 0.15) is 50.9 Å². The van der Waals surface area contributed by atoms with E-state index in [2.05, 4.69) is 18.0 Å². The molecule has 2 rings (SSSR count). The van der Waals surface area contributed by atoms with Gasteiger partial charge in [0.25, 0.3) is 0 Å². The van der Waals surface area contributed by atoms with Gasteiger partial charge in [-0.25, -0.2) is 0 Å². The number of esters is 1. The second-order valence-electron chi connectivity index (χ2n) is 6.56. The van der Waals surface area contributed by atoms with Crippen LogP contribution in [0.5, 0.6) is 0 Å². The van der Waals surface area contributed by atoms with Gasteiger partial charge in [-0.05, 0) is 57.1 Å². The lowest BCUT2D eigenvalue weighted by molar-refractivity contribution is -0.153. The van der Waals surface area contributed by atoms with Gasteiger partial charge in [0.2, 0.25) is 0 Å². The summed E-state index contributed by atoms with van der Waals surface area (Å²) in [6.45, 7) is 7.93. The number of carbonyl (C=O) groups excluding carboxylic acids is 1. The van der Waals surface area contributed by atoms with Crippen LogP contribution >= 0.6 is 0 Å². The van der Waals surface area contributed by atoms with E-state index >= 15 is 0 Å². The van der Waals surface area contributed by atoms with Crippen LogP contribution < -0.4 is 0 Å². The zero-order valence-corrected chi connectivity index (χ0v) is 12.3. The zero-order valence-electron chi connectivity index (χ0n) is 12.3. The van der Waals surface area contributed by atoms with E-state index in [9.17, 15) is 4.79 Å². The van der Waals surface area contributed by atoms with Crippen LogP contribution in [0.25, 0.3) is 0 Å². The minimum absolute atomic E-state index is 0.182. The maximum absolute atomic E-state index is 11.8. The van der Waals surface area contributed by atoms with Crippen LogP contribution in [-0.4, -0.2) is 16.6 Å². The number of fused-ring (bicyclic) bond motifs is 1. The van der Waals surface area contributed by atoms with Gasteiger partial charge < -0.3 is 4.74 Å². The zero-order chi connectivity index (χ0) is 14.0. The van der Waals surface area contributed by atoms with Crippen molar-refractivity contribution in [2.45, 2.75) is 59.0 Å². The Morgan fingerprint density at radius 3 is 2.89 bits per heavy atom. The molecule has 0 saturated heterocycles. The van der Waals surface area contributed by atoms with Crippen molar-refractivity contribution in [3.8, 4) is 0 Å². The maximum Gasteiger partial charge on any atom is 0.310 e. The molecule has 1 aromatic rings. The standard InChI is InChI=1S/C16H23NO2/c1-11-5-6-14-13(7-11)8-12(10-17-14)9-15(18)19-16(2,3)4/h8,10-11H,5-7,9H2,1-4H3. The lowest BCUT2D eigenvalue weighted by Crippen LogP contribution is -2.25. The van der Waals surface area contributed by atoms with Crippen molar-refractivity contribution in [2.75, 3.05) is 0 Å². The molecule has 1 aromatic heterocycles. The molecule has 1 atom stereocenters. The molecule has 19 heavy (non-hydrogen) atoms. The molecule has 3 heteroatoms. The molecule has 1 unspecified atom stereocenters. The summed E-state index contributed by atoms with van der Waals surface area (Å²) < 4.78 is 5.34. The van der Waals surface area contributed by atoms with Gasteiger partial charge in [0.15, 0.2) is 0 Å². The summed E-state index contributed by atoms with van der Waals surface area (Å²) in [5.41, 5.74) is 3.04. The molecular weight excluding hydrogens is 238 g/mol. The van der Waals surface area contributed by atoms with E-state index in [-0.39, 0.29) is 5.97 Å². The van der Waals surface area contributed by atoms with Crippen molar-refractivity contribution in [3.63, 3.8) is 0 Å². The number of ether oxygens (including phenoxy) is 1. The second kappa shape index (κ2) is 5.32. The Labute approximate surface area is 115 Å². The third-order valence-electron chi connectivity index (χ3n) is 3.33. The van der Waals surface area contributed by atoms with Crippen LogP contribution in [0, 0.1) is 5.92 Å². The third kappa shape index (κ3) is 4.05. The molecule has 0 fully saturated rings. The highest BCUT2D eigenvalue weighted by Crippen LogP contribution is 2.24. The fraction of sp³-hybridized carbons (Fsp3) is 0.625. The third-order valence-corrected chi connectivity index (χ3v) is 3.33. The molecule has 0 amide bonds. The summed E-state index contributed by atoms with van der Waals surface area (Å²) in [5, 5.41) is 0.